The van der Waals surface area contributed by atoms with Crippen molar-refractivity contribution < 1.29 is 4.92 Å². The van der Waals surface area contributed by atoms with E-state index in [9.17, 15) is 10.1 Å². The lowest BCUT2D eigenvalue weighted by molar-refractivity contribution is -0.385. The lowest BCUT2D eigenvalue weighted by atomic mass is 10.1. The molecule has 3 heterocycles. The monoisotopic (exact) mass is 399 g/mol. The van der Waals surface area contributed by atoms with Crippen molar-refractivity contribution in [2.24, 2.45) is 0 Å². The van der Waals surface area contributed by atoms with E-state index in [1.165, 1.54) is 0 Å². The molecule has 9 nitrogen and oxygen atoms in total. The second-order valence-corrected chi connectivity index (χ2v) is 6.93. The number of H-pyrrole nitrogens is 2. The fourth-order valence-electron chi connectivity index (χ4n) is 3.62. The Morgan fingerprint density at radius 2 is 1.87 bits per heavy atom. The van der Waals surface area contributed by atoms with E-state index in [1.54, 1.807) is 0 Å². The summed E-state index contributed by atoms with van der Waals surface area (Å²) in [4.78, 5) is 25.9. The SMILES string of the molecule is Nc1nc(Nc2cccc3[nH]ccc23)nc(Cc2ccc3[nH]ccc3c2)c1[N+](=O)[O-]. The van der Waals surface area contributed by atoms with E-state index in [0.717, 1.165) is 33.1 Å². The third-order valence-corrected chi connectivity index (χ3v) is 5.00. The van der Waals surface area contributed by atoms with Crippen LogP contribution >= 0.6 is 0 Å². The molecule has 0 amide bonds. The lowest BCUT2D eigenvalue weighted by Crippen LogP contribution is -2.09. The minimum atomic E-state index is -0.532. The minimum absolute atomic E-state index is 0.170. The lowest BCUT2D eigenvalue weighted by Gasteiger charge is -2.10. The van der Waals surface area contributed by atoms with Crippen molar-refractivity contribution >= 4 is 44.9 Å². The Kier molecular flexibility index (Phi) is 4.06. The predicted octanol–water partition coefficient (Wildman–Crippen LogP) is 4.26. The maximum absolute atomic E-state index is 11.6. The first-order chi connectivity index (χ1) is 14.6. The summed E-state index contributed by atoms with van der Waals surface area (Å²) in [6, 6.07) is 15.4. The zero-order chi connectivity index (χ0) is 20.7. The molecule has 5 aromatic rings. The number of anilines is 3. The predicted molar refractivity (Wildman–Crippen MR) is 116 cm³/mol. The highest BCUT2D eigenvalue weighted by molar-refractivity contribution is 5.93. The topological polar surface area (TPSA) is 139 Å². The van der Waals surface area contributed by atoms with Crippen LogP contribution in [-0.2, 0) is 6.42 Å². The van der Waals surface area contributed by atoms with Gasteiger partial charge >= 0.3 is 5.69 Å². The van der Waals surface area contributed by atoms with Crippen molar-refractivity contribution in [2.75, 3.05) is 11.1 Å². The largest absolute Gasteiger partial charge is 0.378 e. The standard InChI is InChI=1S/C21H17N7O2/c22-20-19(28(29)30)18(11-12-4-5-15-13(10-12)6-8-23-15)26-21(27-20)25-17-3-1-2-16-14(17)7-9-24-16/h1-10,23-24H,11H2,(H3,22,25,26,27). The van der Waals surface area contributed by atoms with Gasteiger partial charge in [0.15, 0.2) is 0 Å². The Morgan fingerprint density at radius 1 is 1.03 bits per heavy atom. The van der Waals surface area contributed by atoms with Crippen molar-refractivity contribution in [2.45, 2.75) is 6.42 Å². The zero-order valence-corrected chi connectivity index (χ0v) is 15.7. The van der Waals surface area contributed by atoms with Gasteiger partial charge in [0, 0.05) is 35.2 Å². The van der Waals surface area contributed by atoms with Crippen molar-refractivity contribution in [3.8, 4) is 0 Å². The molecule has 9 heteroatoms. The Hall–Kier alpha value is -4.40. The number of nitrogens with zero attached hydrogens (tertiary/aromatic N) is 3. The molecule has 0 unspecified atom stereocenters. The molecule has 0 atom stereocenters. The van der Waals surface area contributed by atoms with Crippen LogP contribution in [0.3, 0.4) is 0 Å². The molecule has 5 N–H and O–H groups in total. The number of benzene rings is 2. The number of fused-ring (bicyclic) bond motifs is 2. The van der Waals surface area contributed by atoms with Gasteiger partial charge in [-0.2, -0.15) is 4.98 Å². The Bertz CT molecular complexity index is 1400. The molecule has 0 aliphatic carbocycles. The van der Waals surface area contributed by atoms with E-state index >= 15 is 0 Å². The highest BCUT2D eigenvalue weighted by Gasteiger charge is 2.23. The molecule has 0 aliphatic heterocycles. The Labute approximate surface area is 170 Å². The van der Waals surface area contributed by atoms with E-state index in [0.29, 0.717) is 0 Å². The molecular formula is C21H17N7O2. The molecule has 2 aromatic carbocycles. The number of hydrogen-bond donors (Lipinski definition) is 4. The van der Waals surface area contributed by atoms with Crippen LogP contribution in [0.2, 0.25) is 0 Å². The first-order valence-corrected chi connectivity index (χ1v) is 9.28. The molecule has 148 valence electrons. The molecule has 0 saturated carbocycles. The number of nitrogens with one attached hydrogen (secondary N) is 3. The maximum Gasteiger partial charge on any atom is 0.332 e. The maximum atomic E-state index is 11.6. The van der Waals surface area contributed by atoms with Crippen LogP contribution < -0.4 is 11.1 Å². The quantitative estimate of drug-likeness (QED) is 0.257. The molecular weight excluding hydrogens is 382 g/mol. The van der Waals surface area contributed by atoms with Crippen LogP contribution in [0.25, 0.3) is 21.8 Å². The van der Waals surface area contributed by atoms with Gasteiger partial charge < -0.3 is 21.0 Å². The summed E-state index contributed by atoms with van der Waals surface area (Å²) in [6.07, 6.45) is 3.94. The van der Waals surface area contributed by atoms with Crippen molar-refractivity contribution in [3.63, 3.8) is 0 Å². The highest BCUT2D eigenvalue weighted by atomic mass is 16.6. The van der Waals surface area contributed by atoms with Crippen LogP contribution in [0.5, 0.6) is 0 Å². The minimum Gasteiger partial charge on any atom is -0.378 e. The smallest absolute Gasteiger partial charge is 0.332 e. The third-order valence-electron chi connectivity index (χ3n) is 5.00. The second-order valence-electron chi connectivity index (χ2n) is 6.93. The number of aromatic amines is 2. The van der Waals surface area contributed by atoms with E-state index < -0.39 is 4.92 Å². The number of hydrogen-bond acceptors (Lipinski definition) is 6. The summed E-state index contributed by atoms with van der Waals surface area (Å²) in [5.41, 5.74) is 9.56. The van der Waals surface area contributed by atoms with Crippen LogP contribution in [0, 0.1) is 10.1 Å². The first kappa shape index (κ1) is 17.7. The average Bonchev–Trinajstić information content (AvgIpc) is 3.36. The number of nitrogens with two attached hydrogens (primary N) is 1. The molecule has 3 aromatic heterocycles. The van der Waals surface area contributed by atoms with E-state index in [-0.39, 0.29) is 29.6 Å². The molecule has 30 heavy (non-hydrogen) atoms. The Balaban J connectivity index is 1.55. The highest BCUT2D eigenvalue weighted by Crippen LogP contribution is 2.30. The van der Waals surface area contributed by atoms with Crippen LogP contribution in [0.15, 0.2) is 60.9 Å². The van der Waals surface area contributed by atoms with Crippen LogP contribution in [-0.4, -0.2) is 24.9 Å². The van der Waals surface area contributed by atoms with Gasteiger partial charge in [0.1, 0.15) is 5.69 Å². The third kappa shape index (κ3) is 3.08. The number of aromatic nitrogens is 4. The van der Waals surface area contributed by atoms with Crippen LogP contribution in [0.1, 0.15) is 11.3 Å². The molecule has 0 saturated heterocycles. The summed E-state index contributed by atoms with van der Waals surface area (Å²) in [5.74, 6) is 0.0426. The fourth-order valence-corrected chi connectivity index (χ4v) is 3.62. The first-order valence-electron chi connectivity index (χ1n) is 9.28. The molecule has 0 spiro atoms. The summed E-state index contributed by atoms with van der Waals surface area (Å²) in [6.45, 7) is 0. The normalized spacial score (nSPS) is 11.2. The molecule has 0 fully saturated rings. The summed E-state index contributed by atoms with van der Waals surface area (Å²) >= 11 is 0. The van der Waals surface area contributed by atoms with E-state index in [2.05, 4.69) is 25.3 Å². The number of rotatable bonds is 5. The van der Waals surface area contributed by atoms with Crippen LogP contribution in [0.4, 0.5) is 23.1 Å². The van der Waals surface area contributed by atoms with Crippen molar-refractivity contribution in [1.82, 2.24) is 19.9 Å². The summed E-state index contributed by atoms with van der Waals surface area (Å²) < 4.78 is 0. The molecule has 0 radical (unpaired) electrons. The van der Waals surface area contributed by atoms with Gasteiger partial charge in [0.05, 0.1) is 10.6 Å². The fraction of sp³-hybridized carbons (Fsp3) is 0.0476. The average molecular weight is 399 g/mol. The van der Waals surface area contributed by atoms with Crippen molar-refractivity contribution in [1.29, 1.82) is 0 Å². The van der Waals surface area contributed by atoms with Gasteiger partial charge in [-0.25, -0.2) is 4.98 Å². The van der Waals surface area contributed by atoms with Gasteiger partial charge in [-0.15, -0.1) is 0 Å². The molecule has 5 rings (SSSR count). The number of nitrogen functional groups attached to an aromatic ring is 1. The Morgan fingerprint density at radius 3 is 2.73 bits per heavy atom. The van der Waals surface area contributed by atoms with E-state index in [1.807, 2.05) is 60.9 Å². The molecule has 0 bridgehead atoms. The van der Waals surface area contributed by atoms with Gasteiger partial charge in [-0.05, 0) is 47.3 Å². The van der Waals surface area contributed by atoms with Gasteiger partial charge in [-0.1, -0.05) is 12.1 Å². The summed E-state index contributed by atoms with van der Waals surface area (Å²) in [7, 11) is 0. The van der Waals surface area contributed by atoms with Crippen molar-refractivity contribution in [3.05, 3.63) is 82.3 Å². The van der Waals surface area contributed by atoms with Gasteiger partial charge in [0.25, 0.3) is 0 Å². The van der Waals surface area contributed by atoms with Gasteiger partial charge in [-0.3, -0.25) is 10.1 Å². The summed E-state index contributed by atoms with van der Waals surface area (Å²) in [5, 5.41) is 16.8. The van der Waals surface area contributed by atoms with Gasteiger partial charge in [0.2, 0.25) is 11.8 Å². The number of nitro groups is 1. The second kappa shape index (κ2) is 6.89. The van der Waals surface area contributed by atoms with E-state index in [4.69, 9.17) is 5.73 Å². The zero-order valence-electron chi connectivity index (χ0n) is 15.7. The molecule has 0 aliphatic rings.